The van der Waals surface area contributed by atoms with E-state index in [1.54, 1.807) is 24.8 Å². The predicted octanol–water partition coefficient (Wildman–Crippen LogP) is 1.35. The minimum atomic E-state index is -0.833. The molecule has 1 saturated carbocycles. The fourth-order valence-electron chi connectivity index (χ4n) is 3.85. The third-order valence-corrected chi connectivity index (χ3v) is 5.40. The van der Waals surface area contributed by atoms with Gasteiger partial charge in [-0.3, -0.25) is 14.2 Å². The summed E-state index contributed by atoms with van der Waals surface area (Å²) in [5.41, 5.74) is 0.0369. The summed E-state index contributed by atoms with van der Waals surface area (Å²) >= 11 is 0. The molecule has 1 aromatic heterocycles. The van der Waals surface area contributed by atoms with Gasteiger partial charge in [0.2, 0.25) is 5.91 Å². The SMILES string of the molecule is Cc1cc(C)n(CC(=O)N2CCC[C@@](CC3CC3)(C(=O)O)C2)c(=O)n1. The minimum Gasteiger partial charge on any atom is -0.481 e. The molecule has 7 heteroatoms. The highest BCUT2D eigenvalue weighted by atomic mass is 16.4. The lowest BCUT2D eigenvalue weighted by molar-refractivity contribution is -0.156. The number of likely N-dealkylation sites (tertiary alicyclic amines) is 1. The number of rotatable bonds is 5. The maximum Gasteiger partial charge on any atom is 0.348 e. The predicted molar refractivity (Wildman–Crippen MR) is 91.2 cm³/mol. The Bertz CT molecular complexity index is 753. The van der Waals surface area contributed by atoms with Gasteiger partial charge >= 0.3 is 11.7 Å². The standard InChI is InChI=1S/C18H25N3O4/c1-12-8-13(2)21(17(25)19-12)10-15(22)20-7-3-6-18(11-20,16(23)24)9-14-4-5-14/h8,14H,3-7,9-11H2,1-2H3,(H,23,24)/t18-/m0/s1. The van der Waals surface area contributed by atoms with Crippen LogP contribution in [0.2, 0.25) is 0 Å². The average molecular weight is 347 g/mol. The molecule has 1 amide bonds. The number of carboxylic acids is 1. The van der Waals surface area contributed by atoms with Gasteiger partial charge in [-0.25, -0.2) is 4.79 Å². The van der Waals surface area contributed by atoms with Crippen molar-refractivity contribution in [2.45, 2.75) is 52.5 Å². The largest absolute Gasteiger partial charge is 0.481 e. The minimum absolute atomic E-state index is 0.0862. The molecule has 7 nitrogen and oxygen atoms in total. The third-order valence-electron chi connectivity index (χ3n) is 5.40. The number of piperidine rings is 1. The Morgan fingerprint density at radius 3 is 2.68 bits per heavy atom. The Morgan fingerprint density at radius 2 is 2.08 bits per heavy atom. The summed E-state index contributed by atoms with van der Waals surface area (Å²) in [6.07, 6.45) is 4.13. The molecule has 0 bridgehead atoms. The van der Waals surface area contributed by atoms with Crippen molar-refractivity contribution < 1.29 is 14.7 Å². The lowest BCUT2D eigenvalue weighted by Gasteiger charge is -2.40. The van der Waals surface area contributed by atoms with E-state index in [1.807, 2.05) is 0 Å². The topological polar surface area (TPSA) is 92.5 Å². The molecule has 1 saturated heterocycles. The number of carbonyl (C=O) groups excluding carboxylic acids is 1. The zero-order valence-electron chi connectivity index (χ0n) is 14.8. The van der Waals surface area contributed by atoms with Crippen LogP contribution in [-0.2, 0) is 16.1 Å². The molecule has 3 rings (SSSR count). The number of hydrogen-bond donors (Lipinski definition) is 1. The highest BCUT2D eigenvalue weighted by molar-refractivity contribution is 5.79. The highest BCUT2D eigenvalue weighted by Crippen LogP contribution is 2.44. The number of aromatic nitrogens is 2. The number of aliphatic carboxylic acids is 1. The summed E-state index contributed by atoms with van der Waals surface area (Å²) in [6, 6.07) is 1.76. The smallest absolute Gasteiger partial charge is 0.348 e. The van der Waals surface area contributed by atoms with E-state index in [9.17, 15) is 19.5 Å². The summed E-state index contributed by atoms with van der Waals surface area (Å²) < 4.78 is 1.35. The van der Waals surface area contributed by atoms with Gasteiger partial charge in [0.05, 0.1) is 5.41 Å². The number of nitrogens with zero attached hydrogens (tertiary/aromatic N) is 3. The second-order valence-electron chi connectivity index (χ2n) is 7.56. The number of amides is 1. The summed E-state index contributed by atoms with van der Waals surface area (Å²) in [6.45, 7) is 4.21. The van der Waals surface area contributed by atoms with Gasteiger partial charge in [0.1, 0.15) is 6.54 Å². The molecular weight excluding hydrogens is 322 g/mol. The Kier molecular flexibility index (Phi) is 4.67. The molecular formula is C18H25N3O4. The molecule has 1 N–H and O–H groups in total. The van der Waals surface area contributed by atoms with Crippen molar-refractivity contribution in [1.29, 1.82) is 0 Å². The summed E-state index contributed by atoms with van der Waals surface area (Å²) in [5.74, 6) is -0.531. The first-order valence-corrected chi connectivity index (χ1v) is 8.87. The normalized spacial score (nSPS) is 23.5. The number of hydrogen-bond acceptors (Lipinski definition) is 4. The molecule has 2 heterocycles. The van der Waals surface area contributed by atoms with Crippen LogP contribution in [0.3, 0.4) is 0 Å². The van der Waals surface area contributed by atoms with Gasteiger partial charge in [-0.15, -0.1) is 0 Å². The van der Waals surface area contributed by atoms with Gasteiger partial charge in [0.25, 0.3) is 0 Å². The van der Waals surface area contributed by atoms with Crippen LogP contribution in [0, 0.1) is 25.2 Å². The molecule has 0 unspecified atom stereocenters. The van der Waals surface area contributed by atoms with Crippen LogP contribution in [0.25, 0.3) is 0 Å². The zero-order valence-corrected chi connectivity index (χ0v) is 14.8. The molecule has 1 aliphatic heterocycles. The first kappa shape index (κ1) is 17.6. The van der Waals surface area contributed by atoms with E-state index in [0.29, 0.717) is 43.1 Å². The van der Waals surface area contributed by atoms with Crippen molar-refractivity contribution in [3.05, 3.63) is 27.9 Å². The fraction of sp³-hybridized carbons (Fsp3) is 0.667. The molecule has 1 atom stereocenters. The van der Waals surface area contributed by atoms with Crippen molar-refractivity contribution in [2.24, 2.45) is 11.3 Å². The maximum absolute atomic E-state index is 12.7. The molecule has 1 aliphatic carbocycles. The van der Waals surface area contributed by atoms with E-state index in [1.165, 1.54) is 4.57 Å². The first-order valence-electron chi connectivity index (χ1n) is 8.87. The number of carboxylic acid groups (broad SMARTS) is 1. The Labute approximate surface area is 146 Å². The molecule has 0 spiro atoms. The van der Waals surface area contributed by atoms with E-state index >= 15 is 0 Å². The fourth-order valence-corrected chi connectivity index (χ4v) is 3.85. The average Bonchev–Trinajstić information content (AvgIpc) is 3.34. The highest BCUT2D eigenvalue weighted by Gasteiger charge is 2.46. The lowest BCUT2D eigenvalue weighted by Crippen LogP contribution is -2.51. The number of carbonyl (C=O) groups is 2. The van der Waals surface area contributed by atoms with E-state index < -0.39 is 17.1 Å². The molecule has 25 heavy (non-hydrogen) atoms. The van der Waals surface area contributed by atoms with E-state index in [2.05, 4.69) is 4.98 Å². The molecule has 2 aliphatic rings. The van der Waals surface area contributed by atoms with Crippen LogP contribution in [0.15, 0.2) is 10.9 Å². The Hall–Kier alpha value is -2.18. The van der Waals surface area contributed by atoms with Crippen LogP contribution >= 0.6 is 0 Å². The van der Waals surface area contributed by atoms with E-state index in [4.69, 9.17) is 0 Å². The van der Waals surface area contributed by atoms with Crippen molar-refractivity contribution >= 4 is 11.9 Å². The Balaban J connectivity index is 1.76. The van der Waals surface area contributed by atoms with Gasteiger partial charge < -0.3 is 10.0 Å². The molecule has 2 fully saturated rings. The molecule has 136 valence electrons. The zero-order chi connectivity index (χ0) is 18.2. The molecule has 0 radical (unpaired) electrons. The summed E-state index contributed by atoms with van der Waals surface area (Å²) in [4.78, 5) is 42.2. The molecule has 1 aromatic rings. The van der Waals surface area contributed by atoms with Gasteiger partial charge in [0.15, 0.2) is 0 Å². The second-order valence-corrected chi connectivity index (χ2v) is 7.56. The third kappa shape index (κ3) is 3.75. The van der Waals surface area contributed by atoms with Crippen LogP contribution < -0.4 is 5.69 Å². The van der Waals surface area contributed by atoms with Gasteiger partial charge in [-0.1, -0.05) is 12.8 Å². The van der Waals surface area contributed by atoms with Crippen LogP contribution in [0.1, 0.15) is 43.5 Å². The van der Waals surface area contributed by atoms with Crippen molar-refractivity contribution in [3.8, 4) is 0 Å². The summed E-state index contributed by atoms with van der Waals surface area (Å²) in [5, 5.41) is 9.77. The van der Waals surface area contributed by atoms with Crippen LogP contribution in [0.5, 0.6) is 0 Å². The first-order chi connectivity index (χ1) is 11.8. The Morgan fingerprint density at radius 1 is 1.36 bits per heavy atom. The van der Waals surface area contributed by atoms with Crippen LogP contribution in [0.4, 0.5) is 0 Å². The van der Waals surface area contributed by atoms with Crippen molar-refractivity contribution in [1.82, 2.24) is 14.5 Å². The van der Waals surface area contributed by atoms with E-state index in [-0.39, 0.29) is 19.0 Å². The van der Waals surface area contributed by atoms with Gasteiger partial charge in [-0.05, 0) is 45.1 Å². The second kappa shape index (κ2) is 6.61. The molecule has 0 aromatic carbocycles. The monoisotopic (exact) mass is 347 g/mol. The van der Waals surface area contributed by atoms with Gasteiger partial charge in [0, 0.05) is 24.5 Å². The van der Waals surface area contributed by atoms with E-state index in [0.717, 1.165) is 12.8 Å². The summed E-state index contributed by atoms with van der Waals surface area (Å²) in [7, 11) is 0. The maximum atomic E-state index is 12.7. The van der Waals surface area contributed by atoms with Gasteiger partial charge in [-0.2, -0.15) is 4.98 Å². The quantitative estimate of drug-likeness (QED) is 0.868. The van der Waals surface area contributed by atoms with Crippen LogP contribution in [-0.4, -0.2) is 44.5 Å². The number of aryl methyl sites for hydroxylation is 2. The van der Waals surface area contributed by atoms with Crippen molar-refractivity contribution in [3.63, 3.8) is 0 Å². The van der Waals surface area contributed by atoms with Crippen molar-refractivity contribution in [2.75, 3.05) is 13.1 Å². The lowest BCUT2D eigenvalue weighted by atomic mass is 9.75.